The van der Waals surface area contributed by atoms with Crippen LogP contribution in [0.5, 0.6) is 0 Å². The molecular weight excluding hydrogens is 325 g/mol. The fourth-order valence-electron chi connectivity index (χ4n) is 2.52. The van der Waals surface area contributed by atoms with Crippen LogP contribution < -0.4 is 5.19 Å². The molecule has 22 heavy (non-hydrogen) atoms. The van der Waals surface area contributed by atoms with Crippen LogP contribution in [-0.2, 0) is 6.18 Å². The number of unbranched alkanes of at least 4 members (excludes halogenated alkanes) is 4. The molecule has 5 heteroatoms. The quantitative estimate of drug-likeness (QED) is 0.296. The predicted octanol–water partition coefficient (Wildman–Crippen LogP) is 5.91. The third-order valence-corrected chi connectivity index (χ3v) is 8.36. The zero-order valence-corrected chi connectivity index (χ0v) is 14.8. The average molecular weight is 349 g/mol. The van der Waals surface area contributed by atoms with Gasteiger partial charge in [-0.1, -0.05) is 73.4 Å². The van der Waals surface area contributed by atoms with Crippen LogP contribution in [0, 0.1) is 0 Å². The first-order chi connectivity index (χ1) is 10.3. The van der Waals surface area contributed by atoms with E-state index in [1.165, 1.54) is 18.6 Å². The normalized spacial score (nSPS) is 14.6. The van der Waals surface area contributed by atoms with E-state index in [9.17, 15) is 13.2 Å². The lowest BCUT2D eigenvalue weighted by Crippen LogP contribution is -2.42. The van der Waals surface area contributed by atoms with E-state index in [0.29, 0.717) is 5.88 Å². The SMILES string of the molecule is C=C[Si](C)(CCCCCCCCl)c1ccc(C(F)(F)F)cc1. The largest absolute Gasteiger partial charge is 0.416 e. The second kappa shape index (κ2) is 8.78. The van der Waals surface area contributed by atoms with E-state index >= 15 is 0 Å². The number of hydrogen-bond donors (Lipinski definition) is 0. The van der Waals surface area contributed by atoms with Gasteiger partial charge in [-0.25, -0.2) is 0 Å². The fraction of sp³-hybridized carbons (Fsp3) is 0.529. The monoisotopic (exact) mass is 348 g/mol. The highest BCUT2D eigenvalue weighted by Crippen LogP contribution is 2.29. The van der Waals surface area contributed by atoms with Gasteiger partial charge in [-0.15, -0.1) is 18.2 Å². The molecule has 0 saturated carbocycles. The minimum Gasteiger partial charge on any atom is -0.166 e. The highest BCUT2D eigenvalue weighted by molar-refractivity contribution is 6.94. The molecule has 1 aromatic rings. The molecule has 0 saturated heterocycles. The Bertz CT molecular complexity index is 456. The van der Waals surface area contributed by atoms with E-state index in [1.54, 1.807) is 12.1 Å². The van der Waals surface area contributed by atoms with Gasteiger partial charge in [0, 0.05) is 5.88 Å². The molecule has 0 nitrogen and oxygen atoms in total. The molecular formula is C17H24ClF3Si. The summed E-state index contributed by atoms with van der Waals surface area (Å²) in [6.07, 6.45) is 1.34. The molecule has 1 unspecified atom stereocenters. The van der Waals surface area contributed by atoms with Crippen molar-refractivity contribution in [2.75, 3.05) is 5.88 Å². The summed E-state index contributed by atoms with van der Waals surface area (Å²) in [6, 6.07) is 6.66. The van der Waals surface area contributed by atoms with Crippen molar-refractivity contribution in [1.82, 2.24) is 0 Å². The molecule has 0 aliphatic carbocycles. The van der Waals surface area contributed by atoms with Gasteiger partial charge in [0.05, 0.1) is 5.56 Å². The van der Waals surface area contributed by atoms with E-state index in [4.69, 9.17) is 11.6 Å². The van der Waals surface area contributed by atoms with Crippen molar-refractivity contribution in [3.05, 3.63) is 42.1 Å². The Morgan fingerprint density at radius 1 is 1.05 bits per heavy atom. The molecule has 0 aromatic heterocycles. The van der Waals surface area contributed by atoms with Crippen molar-refractivity contribution >= 4 is 24.9 Å². The molecule has 0 fully saturated rings. The van der Waals surface area contributed by atoms with Crippen LogP contribution in [0.25, 0.3) is 0 Å². The number of halogens is 4. The average Bonchev–Trinajstić information content (AvgIpc) is 2.50. The van der Waals surface area contributed by atoms with Gasteiger partial charge >= 0.3 is 6.18 Å². The van der Waals surface area contributed by atoms with E-state index in [-0.39, 0.29) is 0 Å². The number of rotatable bonds is 9. The Labute approximate surface area is 137 Å². The Hall–Kier alpha value is -0.743. The van der Waals surface area contributed by atoms with Gasteiger partial charge < -0.3 is 0 Å². The molecule has 0 heterocycles. The molecule has 1 atom stereocenters. The summed E-state index contributed by atoms with van der Waals surface area (Å²) in [6.45, 7) is 6.10. The van der Waals surface area contributed by atoms with Crippen molar-refractivity contribution in [2.45, 2.75) is 50.9 Å². The number of hydrogen-bond acceptors (Lipinski definition) is 0. The van der Waals surface area contributed by atoms with Crippen LogP contribution in [0.1, 0.15) is 37.7 Å². The van der Waals surface area contributed by atoms with Gasteiger partial charge in [0.25, 0.3) is 0 Å². The summed E-state index contributed by atoms with van der Waals surface area (Å²) < 4.78 is 37.9. The zero-order chi connectivity index (χ0) is 16.6. The van der Waals surface area contributed by atoms with E-state index < -0.39 is 19.8 Å². The summed E-state index contributed by atoms with van der Waals surface area (Å²) in [5.41, 5.74) is 1.40. The maximum Gasteiger partial charge on any atom is 0.416 e. The minimum absolute atomic E-state index is 0.585. The van der Waals surface area contributed by atoms with Crippen molar-refractivity contribution in [3.8, 4) is 0 Å². The van der Waals surface area contributed by atoms with E-state index in [0.717, 1.165) is 36.9 Å². The first-order valence-corrected chi connectivity index (χ1v) is 11.0. The second-order valence-electron chi connectivity index (χ2n) is 5.90. The highest BCUT2D eigenvalue weighted by Gasteiger charge is 2.31. The lowest BCUT2D eigenvalue weighted by Gasteiger charge is -2.24. The van der Waals surface area contributed by atoms with Crippen LogP contribution >= 0.6 is 11.6 Å². The van der Waals surface area contributed by atoms with Crippen LogP contribution in [0.15, 0.2) is 36.5 Å². The van der Waals surface area contributed by atoms with Gasteiger partial charge in [-0.3, -0.25) is 0 Å². The van der Waals surface area contributed by atoms with Crippen LogP contribution in [0.2, 0.25) is 12.6 Å². The third kappa shape index (κ3) is 5.80. The maximum atomic E-state index is 12.6. The topological polar surface area (TPSA) is 0 Å². The third-order valence-electron chi connectivity index (χ3n) is 4.15. The van der Waals surface area contributed by atoms with Gasteiger partial charge in [0.15, 0.2) is 0 Å². The lowest BCUT2D eigenvalue weighted by molar-refractivity contribution is -0.137. The highest BCUT2D eigenvalue weighted by atomic mass is 35.5. The molecule has 0 spiro atoms. The summed E-state index contributed by atoms with van der Waals surface area (Å²) in [7, 11) is -1.88. The standard InChI is InChI=1S/C17H24ClF3Si/c1-3-22(2,14-8-6-4-5-7-13-18)16-11-9-15(10-12-16)17(19,20)21/h3,9-12H,1,4-8,13-14H2,2H3. The molecule has 0 aliphatic heterocycles. The van der Waals surface area contributed by atoms with Gasteiger partial charge in [-0.2, -0.15) is 13.2 Å². The summed E-state index contributed by atoms with van der Waals surface area (Å²) in [5.74, 6) is 0.713. The molecule has 1 aromatic carbocycles. The summed E-state index contributed by atoms with van der Waals surface area (Å²) in [5, 5.41) is 1.02. The molecule has 0 radical (unpaired) electrons. The van der Waals surface area contributed by atoms with Crippen molar-refractivity contribution < 1.29 is 13.2 Å². The fourth-order valence-corrected chi connectivity index (χ4v) is 5.35. The molecule has 0 aliphatic rings. The first kappa shape index (κ1) is 19.3. The van der Waals surface area contributed by atoms with Crippen molar-refractivity contribution in [1.29, 1.82) is 0 Å². The Morgan fingerprint density at radius 2 is 1.59 bits per heavy atom. The molecule has 0 bridgehead atoms. The van der Waals surface area contributed by atoms with Crippen LogP contribution in [0.3, 0.4) is 0 Å². The first-order valence-electron chi connectivity index (χ1n) is 7.71. The number of benzene rings is 1. The van der Waals surface area contributed by atoms with Crippen molar-refractivity contribution in [2.24, 2.45) is 0 Å². The Kier molecular flexibility index (Phi) is 7.70. The summed E-state index contributed by atoms with van der Waals surface area (Å²) in [4.78, 5) is 0. The maximum absolute atomic E-state index is 12.6. The van der Waals surface area contributed by atoms with Crippen LogP contribution in [0.4, 0.5) is 13.2 Å². The molecule has 0 N–H and O–H groups in total. The minimum atomic E-state index is -4.27. The molecule has 124 valence electrons. The Balaban J connectivity index is 2.63. The number of alkyl halides is 4. The van der Waals surface area contributed by atoms with Gasteiger partial charge in [0.2, 0.25) is 0 Å². The smallest absolute Gasteiger partial charge is 0.166 e. The van der Waals surface area contributed by atoms with E-state index in [2.05, 4.69) is 13.1 Å². The second-order valence-corrected chi connectivity index (χ2v) is 10.6. The van der Waals surface area contributed by atoms with Gasteiger partial charge in [0.1, 0.15) is 8.07 Å². The lowest BCUT2D eigenvalue weighted by atomic mass is 10.2. The zero-order valence-electron chi connectivity index (χ0n) is 13.1. The molecule has 1 rings (SSSR count). The van der Waals surface area contributed by atoms with Gasteiger partial charge in [-0.05, 0) is 6.42 Å². The van der Waals surface area contributed by atoms with E-state index in [1.807, 2.05) is 5.70 Å². The Morgan fingerprint density at radius 3 is 2.09 bits per heavy atom. The van der Waals surface area contributed by atoms with Crippen LogP contribution in [-0.4, -0.2) is 14.0 Å². The predicted molar refractivity (Wildman–Crippen MR) is 91.5 cm³/mol. The van der Waals surface area contributed by atoms with Crippen molar-refractivity contribution in [3.63, 3.8) is 0 Å². The molecule has 0 amide bonds. The summed E-state index contributed by atoms with van der Waals surface area (Å²) >= 11 is 5.65.